The van der Waals surface area contributed by atoms with Gasteiger partial charge in [-0.15, -0.1) is 0 Å². The van der Waals surface area contributed by atoms with Crippen molar-refractivity contribution in [3.8, 4) is 11.4 Å². The zero-order chi connectivity index (χ0) is 12.4. The minimum atomic E-state index is 0.986. The van der Waals surface area contributed by atoms with E-state index in [9.17, 15) is 0 Å². The lowest BCUT2D eigenvalue weighted by molar-refractivity contribution is 0.331. The highest BCUT2D eigenvalue weighted by Gasteiger charge is 2.12. The average molecular weight is 242 g/mol. The first-order chi connectivity index (χ1) is 8.83. The predicted molar refractivity (Wildman–Crippen MR) is 71.0 cm³/mol. The first-order valence-electron chi connectivity index (χ1n) is 6.48. The lowest BCUT2D eigenvalue weighted by Crippen LogP contribution is -2.18. The van der Waals surface area contributed by atoms with Crippen LogP contribution in [0.5, 0.6) is 0 Å². The van der Waals surface area contributed by atoms with E-state index in [1.807, 2.05) is 24.0 Å². The molecule has 0 bridgehead atoms. The third kappa shape index (κ3) is 2.29. The van der Waals surface area contributed by atoms with Crippen molar-refractivity contribution >= 4 is 0 Å². The fourth-order valence-corrected chi connectivity index (χ4v) is 2.49. The summed E-state index contributed by atoms with van der Waals surface area (Å²) >= 11 is 0. The molecule has 0 amide bonds. The maximum absolute atomic E-state index is 4.54. The summed E-state index contributed by atoms with van der Waals surface area (Å²) in [6, 6.07) is 6.25. The number of hydrogen-bond donors (Lipinski definition) is 0. The van der Waals surface area contributed by atoms with Gasteiger partial charge in [-0.1, -0.05) is 6.07 Å². The van der Waals surface area contributed by atoms with Crippen molar-refractivity contribution in [3.63, 3.8) is 0 Å². The van der Waals surface area contributed by atoms with Gasteiger partial charge in [-0.3, -0.25) is 14.6 Å². The molecule has 18 heavy (non-hydrogen) atoms. The quantitative estimate of drug-likeness (QED) is 0.826. The molecule has 1 fully saturated rings. The van der Waals surface area contributed by atoms with Crippen LogP contribution in [0.15, 0.2) is 30.6 Å². The molecule has 94 valence electrons. The Kier molecular flexibility index (Phi) is 3.11. The van der Waals surface area contributed by atoms with Crippen LogP contribution in [0.25, 0.3) is 11.4 Å². The molecule has 0 saturated carbocycles. The highest BCUT2D eigenvalue weighted by atomic mass is 15.3. The van der Waals surface area contributed by atoms with Crippen molar-refractivity contribution in [2.24, 2.45) is 7.05 Å². The Morgan fingerprint density at radius 1 is 1.17 bits per heavy atom. The largest absolute Gasteiger partial charge is 0.299 e. The van der Waals surface area contributed by atoms with Crippen molar-refractivity contribution in [1.82, 2.24) is 19.7 Å². The third-order valence-electron chi connectivity index (χ3n) is 3.51. The molecule has 0 unspecified atom stereocenters. The molecule has 1 aliphatic rings. The highest BCUT2D eigenvalue weighted by molar-refractivity contribution is 5.53. The molecular weight excluding hydrogens is 224 g/mol. The number of aromatic nitrogens is 3. The molecule has 0 spiro atoms. The number of nitrogens with zero attached hydrogens (tertiary/aromatic N) is 4. The smallest absolute Gasteiger partial charge is 0.0883 e. The van der Waals surface area contributed by atoms with E-state index in [2.05, 4.69) is 27.1 Å². The van der Waals surface area contributed by atoms with E-state index in [-0.39, 0.29) is 0 Å². The molecular formula is C14H18N4. The van der Waals surface area contributed by atoms with Gasteiger partial charge in [-0.2, -0.15) is 5.10 Å². The molecule has 3 rings (SSSR count). The minimum absolute atomic E-state index is 0.986. The van der Waals surface area contributed by atoms with Crippen molar-refractivity contribution < 1.29 is 0 Å². The Labute approximate surface area is 107 Å². The zero-order valence-corrected chi connectivity index (χ0v) is 10.7. The number of rotatable bonds is 3. The Morgan fingerprint density at radius 2 is 2.00 bits per heavy atom. The maximum atomic E-state index is 4.54. The van der Waals surface area contributed by atoms with E-state index < -0.39 is 0 Å². The highest BCUT2D eigenvalue weighted by Crippen LogP contribution is 2.17. The molecule has 4 heteroatoms. The summed E-state index contributed by atoms with van der Waals surface area (Å²) in [5.41, 5.74) is 3.34. The lowest BCUT2D eigenvalue weighted by Gasteiger charge is -2.14. The second-order valence-corrected chi connectivity index (χ2v) is 4.87. The molecule has 0 aliphatic carbocycles. The molecule has 0 aromatic carbocycles. The summed E-state index contributed by atoms with van der Waals surface area (Å²) in [6.07, 6.45) is 6.46. The van der Waals surface area contributed by atoms with E-state index in [4.69, 9.17) is 0 Å². The molecule has 1 aliphatic heterocycles. The van der Waals surface area contributed by atoms with Gasteiger partial charge in [0.1, 0.15) is 0 Å². The second kappa shape index (κ2) is 4.90. The van der Waals surface area contributed by atoms with Gasteiger partial charge in [0.2, 0.25) is 0 Å². The van der Waals surface area contributed by atoms with Crippen molar-refractivity contribution in [2.75, 3.05) is 13.1 Å². The second-order valence-electron chi connectivity index (χ2n) is 4.87. The topological polar surface area (TPSA) is 34.0 Å². The number of aryl methyl sites for hydroxylation is 1. The van der Waals surface area contributed by atoms with Crippen LogP contribution >= 0.6 is 0 Å². The maximum Gasteiger partial charge on any atom is 0.0883 e. The van der Waals surface area contributed by atoms with Gasteiger partial charge >= 0.3 is 0 Å². The average Bonchev–Trinajstić information content (AvgIpc) is 3.02. The Bertz CT molecular complexity index is 509. The normalized spacial score (nSPS) is 16.3. The summed E-state index contributed by atoms with van der Waals surface area (Å²) < 4.78 is 1.85. The molecule has 0 N–H and O–H groups in total. The monoisotopic (exact) mass is 242 g/mol. The summed E-state index contributed by atoms with van der Waals surface area (Å²) in [7, 11) is 1.94. The Balaban J connectivity index is 1.74. The number of hydrogen-bond acceptors (Lipinski definition) is 3. The van der Waals surface area contributed by atoms with Gasteiger partial charge in [0, 0.05) is 26.0 Å². The standard InChI is InChI=1S/C14H18N4/c1-17-14(6-7-16-17)13-5-4-12(10-15-13)11-18-8-2-3-9-18/h4-7,10H,2-3,8-9,11H2,1H3. The van der Waals surface area contributed by atoms with E-state index in [1.165, 1.54) is 31.5 Å². The predicted octanol–water partition coefficient (Wildman–Crippen LogP) is 2.08. The van der Waals surface area contributed by atoms with E-state index in [0.29, 0.717) is 0 Å². The SMILES string of the molecule is Cn1nccc1-c1ccc(CN2CCCC2)cn1. The fraction of sp³-hybridized carbons (Fsp3) is 0.429. The summed E-state index contributed by atoms with van der Waals surface area (Å²) in [5.74, 6) is 0. The molecule has 3 heterocycles. The molecule has 0 atom stereocenters. The van der Waals surface area contributed by atoms with Gasteiger partial charge < -0.3 is 0 Å². The van der Waals surface area contributed by atoms with Crippen LogP contribution < -0.4 is 0 Å². The van der Waals surface area contributed by atoms with Gasteiger partial charge in [-0.05, 0) is 43.6 Å². The number of pyridine rings is 1. The van der Waals surface area contributed by atoms with Crippen LogP contribution in [-0.4, -0.2) is 32.8 Å². The van der Waals surface area contributed by atoms with E-state index in [0.717, 1.165) is 17.9 Å². The van der Waals surface area contributed by atoms with Crippen molar-refractivity contribution in [3.05, 3.63) is 36.2 Å². The minimum Gasteiger partial charge on any atom is -0.299 e. The van der Waals surface area contributed by atoms with Crippen molar-refractivity contribution in [2.45, 2.75) is 19.4 Å². The van der Waals surface area contributed by atoms with Crippen LogP contribution in [0.2, 0.25) is 0 Å². The molecule has 4 nitrogen and oxygen atoms in total. The molecule has 2 aromatic heterocycles. The van der Waals surface area contributed by atoms with Crippen LogP contribution in [0, 0.1) is 0 Å². The molecule has 0 radical (unpaired) electrons. The van der Waals surface area contributed by atoms with Crippen LogP contribution in [0.4, 0.5) is 0 Å². The van der Waals surface area contributed by atoms with Gasteiger partial charge in [-0.25, -0.2) is 0 Å². The van der Waals surface area contributed by atoms with Crippen LogP contribution in [0.3, 0.4) is 0 Å². The lowest BCUT2D eigenvalue weighted by atomic mass is 10.2. The summed E-state index contributed by atoms with van der Waals surface area (Å²) in [4.78, 5) is 7.02. The van der Waals surface area contributed by atoms with Gasteiger partial charge in [0.25, 0.3) is 0 Å². The Hall–Kier alpha value is -1.68. The first-order valence-corrected chi connectivity index (χ1v) is 6.48. The van der Waals surface area contributed by atoms with Gasteiger partial charge in [0.15, 0.2) is 0 Å². The molecule has 2 aromatic rings. The van der Waals surface area contributed by atoms with E-state index in [1.54, 1.807) is 6.20 Å². The zero-order valence-electron chi connectivity index (χ0n) is 10.7. The molecule has 1 saturated heterocycles. The summed E-state index contributed by atoms with van der Waals surface area (Å²) in [5, 5.41) is 4.17. The van der Waals surface area contributed by atoms with Gasteiger partial charge in [0.05, 0.1) is 11.4 Å². The third-order valence-corrected chi connectivity index (χ3v) is 3.51. The fourth-order valence-electron chi connectivity index (χ4n) is 2.49. The van der Waals surface area contributed by atoms with E-state index >= 15 is 0 Å². The first kappa shape index (κ1) is 11.4. The van der Waals surface area contributed by atoms with Crippen LogP contribution in [-0.2, 0) is 13.6 Å². The Morgan fingerprint density at radius 3 is 2.61 bits per heavy atom. The van der Waals surface area contributed by atoms with Crippen LogP contribution in [0.1, 0.15) is 18.4 Å². The van der Waals surface area contributed by atoms with Crippen molar-refractivity contribution in [1.29, 1.82) is 0 Å². The number of likely N-dealkylation sites (tertiary alicyclic amines) is 1. The summed E-state index contributed by atoms with van der Waals surface area (Å²) in [6.45, 7) is 3.48.